The number of carbonyl (C=O) groups excluding carboxylic acids is 5. The van der Waals surface area contributed by atoms with Crippen LogP contribution in [0.15, 0.2) is 65.6 Å². The second-order valence-electron chi connectivity index (χ2n) is 15.0. The Hall–Kier alpha value is -7.04. The molecule has 0 aromatic heterocycles. The van der Waals surface area contributed by atoms with Crippen molar-refractivity contribution < 1.29 is 87.3 Å². The number of phenolic OH excluding ortho intramolecular Hbond substituents is 4. The fraction of sp³-hybridized carbons (Fsp3) is 0.186. The molecule has 3 aliphatic rings. The van der Waals surface area contributed by atoms with Crippen LogP contribution in [0, 0.1) is 13.8 Å². The van der Waals surface area contributed by atoms with Crippen LogP contribution in [0.4, 0.5) is 11.4 Å². The average molecular weight is 884 g/mol. The number of fused-ring (bicyclic) bond motifs is 4. The number of esters is 1. The Kier molecular flexibility index (Phi) is 10.2. The van der Waals surface area contributed by atoms with E-state index >= 15 is 0 Å². The summed E-state index contributed by atoms with van der Waals surface area (Å²) in [7, 11) is -4.82. The van der Waals surface area contributed by atoms with Gasteiger partial charge >= 0.3 is 5.97 Å². The molecule has 8 rings (SSSR count). The van der Waals surface area contributed by atoms with E-state index in [1.165, 1.54) is 48.5 Å². The third-order valence-corrected chi connectivity index (χ3v) is 12.1. The number of carbonyl (C=O) groups is 5. The minimum atomic E-state index is -4.82. The molecule has 1 saturated heterocycles. The predicted octanol–water partition coefficient (Wildman–Crippen LogP) is 2.40. The maximum atomic E-state index is 14.3. The van der Waals surface area contributed by atoms with Crippen molar-refractivity contribution >= 4 is 50.6 Å². The highest BCUT2D eigenvalue weighted by atomic mass is 32.2. The van der Waals surface area contributed by atoms with Gasteiger partial charge in [-0.25, -0.2) is 4.79 Å². The molecule has 5 aromatic rings. The van der Waals surface area contributed by atoms with Crippen LogP contribution in [0.25, 0.3) is 0 Å². The van der Waals surface area contributed by atoms with Gasteiger partial charge in [0.15, 0.2) is 34.6 Å². The van der Waals surface area contributed by atoms with Crippen LogP contribution >= 0.6 is 0 Å². The smallest absolute Gasteiger partial charge is 0.347 e. The van der Waals surface area contributed by atoms with Gasteiger partial charge in [0, 0.05) is 22.3 Å². The van der Waals surface area contributed by atoms with E-state index in [1.54, 1.807) is 6.92 Å². The Morgan fingerprint density at radius 1 is 0.698 bits per heavy atom. The van der Waals surface area contributed by atoms with Crippen molar-refractivity contribution in [3.05, 3.63) is 127 Å². The summed E-state index contributed by atoms with van der Waals surface area (Å²) in [5.41, 5.74) is -6.10. The van der Waals surface area contributed by atoms with Crippen LogP contribution in [-0.2, 0) is 14.9 Å². The molecule has 10 N–H and O–H groups in total. The van der Waals surface area contributed by atoms with Gasteiger partial charge in [0.1, 0.15) is 58.2 Å². The number of ketones is 4. The van der Waals surface area contributed by atoms with Gasteiger partial charge in [-0.3, -0.25) is 23.7 Å². The van der Waals surface area contributed by atoms with E-state index in [-0.39, 0.29) is 28.1 Å². The summed E-state index contributed by atoms with van der Waals surface area (Å²) >= 11 is 0. The summed E-state index contributed by atoms with van der Waals surface area (Å²) in [4.78, 5) is 70.0. The van der Waals surface area contributed by atoms with E-state index < -0.39 is 154 Å². The number of ether oxygens (including phenoxy) is 2. The largest absolute Gasteiger partial charge is 0.507 e. The summed E-state index contributed by atoms with van der Waals surface area (Å²) < 4.78 is 45.6. The lowest BCUT2D eigenvalue weighted by molar-refractivity contribution is -0.232. The number of anilines is 2. The number of hydrogen-bond donors (Lipinski definition) is 10. The van der Waals surface area contributed by atoms with Crippen molar-refractivity contribution in [2.75, 3.05) is 11.9 Å². The molecule has 0 saturated carbocycles. The zero-order chi connectivity index (χ0) is 45.7. The monoisotopic (exact) mass is 883 g/mol. The summed E-state index contributed by atoms with van der Waals surface area (Å²) in [6.45, 7) is 1.75. The van der Waals surface area contributed by atoms with Gasteiger partial charge in [-0.15, -0.1) is 0 Å². The number of aliphatic hydroxyl groups is 4. The molecule has 0 unspecified atom stereocenters. The van der Waals surface area contributed by atoms with Gasteiger partial charge in [-0.05, 0) is 55.3 Å². The first-order valence-electron chi connectivity index (χ1n) is 18.7. The van der Waals surface area contributed by atoms with Crippen molar-refractivity contribution in [1.29, 1.82) is 0 Å². The third-order valence-electron chi connectivity index (χ3n) is 11.2. The molecule has 2 aliphatic carbocycles. The minimum absolute atomic E-state index is 0.0515. The lowest BCUT2D eigenvalue weighted by atomic mass is 9.77. The van der Waals surface area contributed by atoms with E-state index in [9.17, 15) is 77.8 Å². The Morgan fingerprint density at radius 2 is 1.30 bits per heavy atom. The molecule has 63 heavy (non-hydrogen) atoms. The second-order valence-corrected chi connectivity index (χ2v) is 16.4. The fourth-order valence-corrected chi connectivity index (χ4v) is 8.93. The lowest BCUT2D eigenvalue weighted by Crippen LogP contribution is -2.55. The second kappa shape index (κ2) is 15.1. The van der Waals surface area contributed by atoms with Crippen LogP contribution < -0.4 is 10.1 Å². The van der Waals surface area contributed by atoms with Crippen molar-refractivity contribution in [2.45, 2.75) is 49.3 Å². The number of nitrogens with one attached hydrogen (secondary N) is 1. The summed E-state index contributed by atoms with van der Waals surface area (Å²) in [6, 6.07) is 12.6. The van der Waals surface area contributed by atoms with E-state index in [1.807, 2.05) is 0 Å². The first-order chi connectivity index (χ1) is 29.7. The third kappa shape index (κ3) is 6.50. The SMILES string of the molecule is Cc1ccc(Nc2ccc(OC(=O)c3c(O)cc4c(c3C)C(=O)c3c(O)c([C@@H]5O[C@H](CO)[C@@H](O)[C@H](O)[C@H]5O)c(O)c(O)c3C4=O)c3c2C(=O)c2ccccc2C3=O)c(S(=O)(=O)O)c1. The number of phenols is 4. The van der Waals surface area contributed by atoms with E-state index in [2.05, 4.69) is 5.32 Å². The van der Waals surface area contributed by atoms with Crippen LogP contribution in [0.2, 0.25) is 0 Å². The molecule has 19 nitrogen and oxygen atoms in total. The van der Waals surface area contributed by atoms with Crippen LogP contribution in [0.5, 0.6) is 28.7 Å². The van der Waals surface area contributed by atoms with Crippen LogP contribution in [-0.4, -0.2) is 114 Å². The molecule has 324 valence electrons. The molecular weight excluding hydrogens is 851 g/mol. The highest BCUT2D eigenvalue weighted by Gasteiger charge is 2.49. The Morgan fingerprint density at radius 3 is 1.94 bits per heavy atom. The molecule has 0 amide bonds. The van der Waals surface area contributed by atoms with Gasteiger partial charge in [0.05, 0.1) is 45.8 Å². The molecule has 1 fully saturated rings. The lowest BCUT2D eigenvalue weighted by Gasteiger charge is -2.40. The highest BCUT2D eigenvalue weighted by Crippen LogP contribution is 2.52. The molecule has 0 radical (unpaired) electrons. The maximum Gasteiger partial charge on any atom is 0.347 e. The van der Waals surface area contributed by atoms with Crippen molar-refractivity contribution in [3.8, 4) is 28.7 Å². The number of aliphatic hydroxyl groups excluding tert-OH is 4. The van der Waals surface area contributed by atoms with Gasteiger partial charge in [-0.2, -0.15) is 8.42 Å². The molecule has 0 bridgehead atoms. The number of aromatic hydroxyl groups is 4. The summed E-state index contributed by atoms with van der Waals surface area (Å²) in [5.74, 6) is -10.8. The molecular formula is C43H33NO18S. The summed E-state index contributed by atoms with van der Waals surface area (Å²) in [6.07, 6.45) is -9.64. The van der Waals surface area contributed by atoms with Crippen LogP contribution in [0.3, 0.4) is 0 Å². The predicted molar refractivity (Wildman–Crippen MR) is 213 cm³/mol. The quantitative estimate of drug-likeness (QED) is 0.0361. The fourth-order valence-electron chi connectivity index (χ4n) is 8.20. The number of hydrogen-bond acceptors (Lipinski definition) is 18. The topological polar surface area (TPSA) is 332 Å². The van der Waals surface area contributed by atoms with E-state index in [0.29, 0.717) is 11.6 Å². The molecule has 0 spiro atoms. The molecule has 20 heteroatoms. The normalized spacial score (nSPS) is 20.4. The Labute approximate surface area is 354 Å². The van der Waals surface area contributed by atoms with Crippen molar-refractivity contribution in [1.82, 2.24) is 0 Å². The van der Waals surface area contributed by atoms with Gasteiger partial charge in [-0.1, -0.05) is 30.3 Å². The van der Waals surface area contributed by atoms with E-state index in [4.69, 9.17) is 9.47 Å². The zero-order valence-corrected chi connectivity index (χ0v) is 33.3. The number of aryl methyl sites for hydroxylation is 1. The minimum Gasteiger partial charge on any atom is -0.507 e. The average Bonchev–Trinajstić information content (AvgIpc) is 3.23. The summed E-state index contributed by atoms with van der Waals surface area (Å²) in [5, 5.41) is 88.6. The molecule has 1 aliphatic heterocycles. The van der Waals surface area contributed by atoms with Gasteiger partial charge in [0.25, 0.3) is 10.1 Å². The first kappa shape index (κ1) is 42.6. The first-order valence-corrected chi connectivity index (χ1v) is 20.1. The van der Waals surface area contributed by atoms with Crippen molar-refractivity contribution in [2.24, 2.45) is 0 Å². The zero-order valence-electron chi connectivity index (χ0n) is 32.5. The maximum absolute atomic E-state index is 14.3. The van der Waals surface area contributed by atoms with E-state index in [0.717, 1.165) is 13.0 Å². The molecule has 1 heterocycles. The van der Waals surface area contributed by atoms with Gasteiger partial charge in [0.2, 0.25) is 0 Å². The molecule has 5 aromatic carbocycles. The molecule has 5 atom stereocenters. The number of rotatable bonds is 7. The Balaban J connectivity index is 1.22. The van der Waals surface area contributed by atoms with Crippen LogP contribution in [0.1, 0.15) is 96.8 Å². The van der Waals surface area contributed by atoms with Crippen molar-refractivity contribution in [3.63, 3.8) is 0 Å². The standard InChI is InChI=1S/C43H33NO18S/c1-14-7-8-19(24(11-14)63(58,59)60)44-20-9-10-22(28-27(20)32(47)16-5-3-4-6-17(16)33(28)48)62-43(57)26-15(2)25-18(12-21(26)46)34(49)29-30(36(25)51)37(52)31(39(54)38(29)53)42-41(56)40(55)35(50)23(13-45)61-42/h3-12,23,35,40-42,44-46,50,52-56H,13H2,1-2H3,(H,58,59,60)/t23-,35-,40+,41-,42+/m1/s1. The van der Waals surface area contributed by atoms with Gasteiger partial charge < -0.3 is 55.6 Å². The highest BCUT2D eigenvalue weighted by molar-refractivity contribution is 7.86. The number of benzene rings is 5. The Bertz CT molecular complexity index is 3030.